The molecule has 0 amide bonds. The van der Waals surface area contributed by atoms with Gasteiger partial charge < -0.3 is 9.47 Å². The summed E-state index contributed by atoms with van der Waals surface area (Å²) in [4.78, 5) is 0. The monoisotopic (exact) mass is 378 g/mol. The van der Waals surface area contributed by atoms with Gasteiger partial charge in [-0.1, -0.05) is 12.1 Å². The predicted molar refractivity (Wildman–Crippen MR) is 103 cm³/mol. The molecule has 2 nitrogen and oxygen atoms in total. The molecule has 1 aliphatic carbocycles. The molecule has 3 rings (SSSR count). The van der Waals surface area contributed by atoms with Crippen molar-refractivity contribution in [2.24, 2.45) is 17.8 Å². The lowest BCUT2D eigenvalue weighted by molar-refractivity contribution is -0.230. The Labute approximate surface area is 161 Å². The maximum atomic E-state index is 13.3. The van der Waals surface area contributed by atoms with Crippen molar-refractivity contribution in [3.63, 3.8) is 0 Å². The van der Waals surface area contributed by atoms with E-state index in [1.54, 1.807) is 6.07 Å². The number of ether oxygens (including phenoxy) is 2. The van der Waals surface area contributed by atoms with Crippen LogP contribution in [0.15, 0.2) is 30.9 Å². The summed E-state index contributed by atoms with van der Waals surface area (Å²) in [6.07, 6.45) is 11.8. The first kappa shape index (κ1) is 20.5. The van der Waals surface area contributed by atoms with Crippen LogP contribution in [0.5, 0.6) is 0 Å². The molecule has 2 fully saturated rings. The van der Waals surface area contributed by atoms with Gasteiger partial charge in [-0.2, -0.15) is 0 Å². The standard InChI is InChI=1S/C23H32F2O2/c1-2-3-4-5-19-15-26-23(27-16-19)20-11-8-17(9-12-20)6-7-18-10-13-21(24)22(25)14-18/h2,10,13-14,17,19-20,23H,1,3-9,11-12,15-16H2/t17-,19-,20-,23-. The van der Waals surface area contributed by atoms with Crippen LogP contribution in [0, 0.1) is 29.4 Å². The van der Waals surface area contributed by atoms with Crippen molar-refractivity contribution in [1.82, 2.24) is 0 Å². The van der Waals surface area contributed by atoms with Gasteiger partial charge in [0.1, 0.15) is 0 Å². The Balaban J connectivity index is 1.34. The highest BCUT2D eigenvalue weighted by Crippen LogP contribution is 2.36. The lowest BCUT2D eigenvalue weighted by atomic mass is 9.79. The van der Waals surface area contributed by atoms with Gasteiger partial charge >= 0.3 is 0 Å². The van der Waals surface area contributed by atoms with Crippen molar-refractivity contribution in [2.45, 2.75) is 64.1 Å². The van der Waals surface area contributed by atoms with Crippen molar-refractivity contribution in [3.8, 4) is 0 Å². The molecule has 1 heterocycles. The Bertz CT molecular complexity index is 588. The average Bonchev–Trinajstić information content (AvgIpc) is 2.70. The van der Waals surface area contributed by atoms with Crippen molar-refractivity contribution in [3.05, 3.63) is 48.1 Å². The molecule has 1 aromatic carbocycles. The van der Waals surface area contributed by atoms with Crippen LogP contribution in [-0.4, -0.2) is 19.5 Å². The molecule has 4 heteroatoms. The van der Waals surface area contributed by atoms with Crippen LogP contribution in [0.2, 0.25) is 0 Å². The van der Waals surface area contributed by atoms with E-state index in [1.165, 1.54) is 25.0 Å². The molecule has 1 saturated heterocycles. The Hall–Kier alpha value is -1.26. The Kier molecular flexibility index (Phi) is 7.83. The summed E-state index contributed by atoms with van der Waals surface area (Å²) in [5.74, 6) is 0.164. The second kappa shape index (κ2) is 10.3. The maximum absolute atomic E-state index is 13.3. The van der Waals surface area contributed by atoms with E-state index in [9.17, 15) is 8.78 Å². The van der Waals surface area contributed by atoms with Crippen molar-refractivity contribution < 1.29 is 18.3 Å². The fourth-order valence-corrected chi connectivity index (χ4v) is 4.36. The van der Waals surface area contributed by atoms with Gasteiger partial charge in [0.15, 0.2) is 17.9 Å². The second-order valence-corrected chi connectivity index (χ2v) is 8.19. The predicted octanol–water partition coefficient (Wildman–Crippen LogP) is 6.05. The lowest BCUT2D eigenvalue weighted by Gasteiger charge is -2.37. The molecule has 0 spiro atoms. The molecule has 1 saturated carbocycles. The minimum atomic E-state index is -0.769. The number of hydrogen-bond acceptors (Lipinski definition) is 2. The summed E-state index contributed by atoms with van der Waals surface area (Å²) >= 11 is 0. The van der Waals surface area contributed by atoms with Crippen LogP contribution < -0.4 is 0 Å². The molecular weight excluding hydrogens is 346 g/mol. The first-order valence-electron chi connectivity index (χ1n) is 10.4. The molecular formula is C23H32F2O2. The largest absolute Gasteiger partial charge is 0.352 e. The number of unbranched alkanes of at least 4 members (excludes halogenated alkanes) is 1. The van der Waals surface area contributed by atoms with E-state index in [0.717, 1.165) is 63.7 Å². The van der Waals surface area contributed by atoms with Gasteiger partial charge in [-0.3, -0.25) is 0 Å². The number of rotatable bonds is 8. The molecule has 150 valence electrons. The highest BCUT2D eigenvalue weighted by molar-refractivity contribution is 5.17. The summed E-state index contributed by atoms with van der Waals surface area (Å²) in [6, 6.07) is 4.25. The van der Waals surface area contributed by atoms with E-state index in [-0.39, 0.29) is 6.29 Å². The molecule has 1 aliphatic heterocycles. The zero-order valence-corrected chi connectivity index (χ0v) is 16.2. The maximum Gasteiger partial charge on any atom is 0.160 e. The topological polar surface area (TPSA) is 18.5 Å². The molecule has 0 aromatic heterocycles. The number of benzene rings is 1. The van der Waals surface area contributed by atoms with Crippen molar-refractivity contribution in [1.29, 1.82) is 0 Å². The fraction of sp³-hybridized carbons (Fsp3) is 0.652. The number of allylic oxidation sites excluding steroid dienone is 1. The summed E-state index contributed by atoms with van der Waals surface area (Å²) < 4.78 is 38.4. The van der Waals surface area contributed by atoms with Gasteiger partial charge in [0.2, 0.25) is 0 Å². The zero-order chi connectivity index (χ0) is 19.1. The van der Waals surface area contributed by atoms with Gasteiger partial charge in [-0.05, 0) is 81.4 Å². The molecule has 27 heavy (non-hydrogen) atoms. The number of aryl methyl sites for hydroxylation is 1. The van der Waals surface area contributed by atoms with Gasteiger partial charge in [0, 0.05) is 11.8 Å². The van der Waals surface area contributed by atoms with E-state index < -0.39 is 11.6 Å². The SMILES string of the molecule is C=CCCC[C@H]1CO[C@H]([C@H]2CC[C@H](CCc3ccc(F)c(F)c3)CC2)OC1. The quantitative estimate of drug-likeness (QED) is 0.405. The van der Waals surface area contributed by atoms with E-state index >= 15 is 0 Å². The van der Waals surface area contributed by atoms with E-state index in [2.05, 4.69) is 6.58 Å². The van der Waals surface area contributed by atoms with Gasteiger partial charge in [-0.25, -0.2) is 8.78 Å². The van der Waals surface area contributed by atoms with Crippen LogP contribution in [0.25, 0.3) is 0 Å². The molecule has 0 radical (unpaired) electrons. The van der Waals surface area contributed by atoms with Gasteiger partial charge in [0.05, 0.1) is 13.2 Å². The Morgan fingerprint density at radius 2 is 1.70 bits per heavy atom. The first-order valence-corrected chi connectivity index (χ1v) is 10.4. The summed E-state index contributed by atoms with van der Waals surface area (Å²) in [5.41, 5.74) is 0.887. The van der Waals surface area contributed by atoms with Crippen molar-refractivity contribution >= 4 is 0 Å². The van der Waals surface area contributed by atoms with Crippen LogP contribution in [0.1, 0.15) is 56.9 Å². The normalized spacial score (nSPS) is 28.8. The van der Waals surface area contributed by atoms with Crippen LogP contribution in [-0.2, 0) is 15.9 Å². The molecule has 0 unspecified atom stereocenters. The van der Waals surface area contributed by atoms with Gasteiger partial charge in [0.25, 0.3) is 0 Å². The molecule has 0 N–H and O–H groups in total. The highest BCUT2D eigenvalue weighted by atomic mass is 19.2. The third-order valence-corrected chi connectivity index (χ3v) is 6.11. The second-order valence-electron chi connectivity index (χ2n) is 8.19. The molecule has 0 atom stereocenters. The minimum absolute atomic E-state index is 0.0344. The third-order valence-electron chi connectivity index (χ3n) is 6.11. The molecule has 1 aromatic rings. The lowest BCUT2D eigenvalue weighted by Crippen LogP contribution is -2.38. The molecule has 0 bridgehead atoms. The zero-order valence-electron chi connectivity index (χ0n) is 16.2. The van der Waals surface area contributed by atoms with E-state index in [1.807, 2.05) is 6.08 Å². The Morgan fingerprint density at radius 3 is 2.37 bits per heavy atom. The summed E-state index contributed by atoms with van der Waals surface area (Å²) in [7, 11) is 0. The van der Waals surface area contributed by atoms with Crippen molar-refractivity contribution in [2.75, 3.05) is 13.2 Å². The van der Waals surface area contributed by atoms with E-state index in [4.69, 9.17) is 9.47 Å². The average molecular weight is 379 g/mol. The summed E-state index contributed by atoms with van der Waals surface area (Å²) in [5, 5.41) is 0. The van der Waals surface area contributed by atoms with Gasteiger partial charge in [-0.15, -0.1) is 6.58 Å². The fourth-order valence-electron chi connectivity index (χ4n) is 4.36. The number of hydrogen-bond donors (Lipinski definition) is 0. The Morgan fingerprint density at radius 1 is 0.963 bits per heavy atom. The molecule has 2 aliphatic rings. The van der Waals surface area contributed by atoms with Crippen LogP contribution >= 0.6 is 0 Å². The highest BCUT2D eigenvalue weighted by Gasteiger charge is 2.32. The van der Waals surface area contributed by atoms with Crippen LogP contribution in [0.4, 0.5) is 8.78 Å². The third kappa shape index (κ3) is 6.11. The summed E-state index contributed by atoms with van der Waals surface area (Å²) in [6.45, 7) is 5.40. The minimum Gasteiger partial charge on any atom is -0.352 e. The van der Waals surface area contributed by atoms with E-state index in [0.29, 0.717) is 17.8 Å². The first-order chi connectivity index (χ1) is 13.2. The number of halogens is 2. The van der Waals surface area contributed by atoms with Crippen LogP contribution in [0.3, 0.4) is 0 Å². The smallest absolute Gasteiger partial charge is 0.160 e.